The number of halogens is 1. The number of ether oxygens (including phenoxy) is 1. The van der Waals surface area contributed by atoms with Gasteiger partial charge in [-0.3, -0.25) is 10.1 Å². The average molecular weight is 396 g/mol. The molecule has 1 unspecified atom stereocenters. The molecular formula is C17H20BrN2O4+. The SMILES string of the molecule is CCOC(=O)NC(=O)C[NH+](C)Cc1ccc(-c2ccc(Br)cc2)o1. The number of alkyl carbamates (subject to hydrolysis) is 1. The molecule has 2 aromatic rings. The highest BCUT2D eigenvalue weighted by Gasteiger charge is 2.15. The van der Waals surface area contributed by atoms with Crippen molar-refractivity contribution in [3.8, 4) is 11.3 Å². The van der Waals surface area contributed by atoms with E-state index >= 15 is 0 Å². The lowest BCUT2D eigenvalue weighted by atomic mass is 10.2. The zero-order chi connectivity index (χ0) is 17.5. The van der Waals surface area contributed by atoms with Crippen molar-refractivity contribution >= 4 is 27.9 Å². The molecule has 2 rings (SSSR count). The normalized spacial score (nSPS) is 11.8. The van der Waals surface area contributed by atoms with Crippen molar-refractivity contribution in [2.45, 2.75) is 13.5 Å². The molecule has 7 heteroatoms. The number of nitrogens with one attached hydrogen (secondary N) is 2. The van der Waals surface area contributed by atoms with Gasteiger partial charge < -0.3 is 14.1 Å². The topological polar surface area (TPSA) is 73.0 Å². The Morgan fingerprint density at radius 2 is 1.92 bits per heavy atom. The first-order valence-electron chi connectivity index (χ1n) is 7.60. The summed E-state index contributed by atoms with van der Waals surface area (Å²) in [5.74, 6) is 1.17. The highest BCUT2D eigenvalue weighted by atomic mass is 79.9. The van der Waals surface area contributed by atoms with Crippen molar-refractivity contribution < 1.29 is 23.6 Å². The molecule has 128 valence electrons. The van der Waals surface area contributed by atoms with Gasteiger partial charge in [-0.25, -0.2) is 4.79 Å². The summed E-state index contributed by atoms with van der Waals surface area (Å²) in [7, 11) is 1.85. The van der Waals surface area contributed by atoms with Crippen LogP contribution in [0.5, 0.6) is 0 Å². The van der Waals surface area contributed by atoms with Gasteiger partial charge >= 0.3 is 6.09 Å². The van der Waals surface area contributed by atoms with Crippen molar-refractivity contribution in [2.24, 2.45) is 0 Å². The first kappa shape index (κ1) is 18.2. The van der Waals surface area contributed by atoms with Crippen LogP contribution in [-0.2, 0) is 16.1 Å². The van der Waals surface area contributed by atoms with Gasteiger partial charge in [0.15, 0.2) is 12.3 Å². The minimum absolute atomic E-state index is 0.146. The molecule has 1 heterocycles. The fourth-order valence-electron chi connectivity index (χ4n) is 2.20. The zero-order valence-corrected chi connectivity index (χ0v) is 15.2. The molecule has 0 aliphatic rings. The van der Waals surface area contributed by atoms with Crippen LogP contribution < -0.4 is 10.2 Å². The van der Waals surface area contributed by atoms with Crippen molar-refractivity contribution in [3.63, 3.8) is 0 Å². The molecule has 2 amide bonds. The van der Waals surface area contributed by atoms with Crippen molar-refractivity contribution in [1.82, 2.24) is 5.32 Å². The maximum Gasteiger partial charge on any atom is 0.414 e. The number of furan rings is 1. The lowest BCUT2D eigenvalue weighted by Gasteiger charge is -2.11. The van der Waals surface area contributed by atoms with Gasteiger partial charge in [-0.15, -0.1) is 0 Å². The summed E-state index contributed by atoms with van der Waals surface area (Å²) in [5.41, 5.74) is 0.988. The van der Waals surface area contributed by atoms with E-state index in [-0.39, 0.29) is 19.1 Å². The Morgan fingerprint density at radius 1 is 1.21 bits per heavy atom. The van der Waals surface area contributed by atoms with Crippen LogP contribution in [0.25, 0.3) is 11.3 Å². The highest BCUT2D eigenvalue weighted by Crippen LogP contribution is 2.23. The minimum Gasteiger partial charge on any atom is -0.455 e. The first-order chi connectivity index (χ1) is 11.5. The smallest absolute Gasteiger partial charge is 0.414 e. The Labute approximate surface area is 148 Å². The molecular weight excluding hydrogens is 376 g/mol. The van der Waals surface area contributed by atoms with E-state index in [0.29, 0.717) is 6.54 Å². The Balaban J connectivity index is 1.88. The number of hydrogen-bond donors (Lipinski definition) is 2. The monoisotopic (exact) mass is 395 g/mol. The fraction of sp³-hybridized carbons (Fsp3) is 0.294. The molecule has 24 heavy (non-hydrogen) atoms. The number of hydrogen-bond acceptors (Lipinski definition) is 4. The summed E-state index contributed by atoms with van der Waals surface area (Å²) in [6, 6.07) is 11.6. The number of amides is 2. The lowest BCUT2D eigenvalue weighted by Crippen LogP contribution is -3.08. The van der Waals surface area contributed by atoms with Crippen molar-refractivity contribution in [1.29, 1.82) is 0 Å². The minimum atomic E-state index is -0.717. The van der Waals surface area contributed by atoms with Gasteiger partial charge in [-0.1, -0.05) is 28.1 Å². The number of quaternary nitrogens is 1. The zero-order valence-electron chi connectivity index (χ0n) is 13.6. The molecule has 2 N–H and O–H groups in total. The maximum absolute atomic E-state index is 11.7. The second-order valence-corrected chi connectivity index (χ2v) is 6.27. The molecule has 0 fully saturated rings. The summed E-state index contributed by atoms with van der Waals surface area (Å²) in [5, 5.41) is 2.18. The Morgan fingerprint density at radius 3 is 2.58 bits per heavy atom. The van der Waals surface area contributed by atoms with E-state index in [1.54, 1.807) is 6.92 Å². The van der Waals surface area contributed by atoms with Crippen LogP contribution in [0.1, 0.15) is 12.7 Å². The molecule has 0 saturated heterocycles. The van der Waals surface area contributed by atoms with E-state index in [9.17, 15) is 9.59 Å². The van der Waals surface area contributed by atoms with Gasteiger partial charge in [0.1, 0.15) is 12.3 Å². The number of rotatable bonds is 6. The molecule has 0 saturated carbocycles. The predicted molar refractivity (Wildman–Crippen MR) is 92.5 cm³/mol. The van der Waals surface area contributed by atoms with Crippen LogP contribution in [0.2, 0.25) is 0 Å². The molecule has 1 atom stereocenters. The Bertz CT molecular complexity index is 697. The lowest BCUT2D eigenvalue weighted by molar-refractivity contribution is -0.886. The molecule has 0 bridgehead atoms. The quantitative estimate of drug-likeness (QED) is 0.784. The standard InChI is InChI=1S/C17H19BrN2O4/c1-3-23-17(22)19-16(21)11-20(2)10-14-8-9-15(24-14)12-4-6-13(18)7-5-12/h4-9H,3,10-11H2,1-2H3,(H,19,21,22)/p+1. The number of imide groups is 1. The van der Waals surface area contributed by atoms with Gasteiger partial charge in [-0.2, -0.15) is 0 Å². The first-order valence-corrected chi connectivity index (χ1v) is 8.39. The van der Waals surface area contributed by atoms with Crippen LogP contribution >= 0.6 is 15.9 Å². The summed E-state index contributed by atoms with van der Waals surface area (Å²) in [6.45, 7) is 2.59. The van der Waals surface area contributed by atoms with Crippen LogP contribution in [0.3, 0.4) is 0 Å². The van der Waals surface area contributed by atoms with Crippen LogP contribution in [0, 0.1) is 0 Å². The Kier molecular flexibility index (Phi) is 6.57. The average Bonchev–Trinajstić information content (AvgIpc) is 2.96. The fourth-order valence-corrected chi connectivity index (χ4v) is 2.47. The van der Waals surface area contributed by atoms with Gasteiger partial charge in [0.05, 0.1) is 13.7 Å². The second kappa shape index (κ2) is 8.65. The van der Waals surface area contributed by atoms with E-state index in [2.05, 4.69) is 26.0 Å². The van der Waals surface area contributed by atoms with E-state index in [1.165, 1.54) is 0 Å². The molecule has 0 aliphatic heterocycles. The molecule has 0 spiro atoms. The van der Waals surface area contributed by atoms with Crippen LogP contribution in [0.4, 0.5) is 4.79 Å². The van der Waals surface area contributed by atoms with E-state index in [1.807, 2.05) is 43.4 Å². The third-order valence-electron chi connectivity index (χ3n) is 3.25. The summed E-state index contributed by atoms with van der Waals surface area (Å²) in [6.07, 6.45) is -0.717. The van der Waals surface area contributed by atoms with E-state index < -0.39 is 6.09 Å². The summed E-state index contributed by atoms with van der Waals surface area (Å²) < 4.78 is 11.5. The molecule has 0 aliphatic carbocycles. The highest BCUT2D eigenvalue weighted by molar-refractivity contribution is 9.10. The van der Waals surface area contributed by atoms with Gasteiger partial charge in [0, 0.05) is 10.0 Å². The van der Waals surface area contributed by atoms with E-state index in [0.717, 1.165) is 26.5 Å². The van der Waals surface area contributed by atoms with Crippen LogP contribution in [-0.4, -0.2) is 32.2 Å². The summed E-state index contributed by atoms with van der Waals surface area (Å²) in [4.78, 5) is 23.8. The van der Waals surface area contributed by atoms with Crippen molar-refractivity contribution in [2.75, 3.05) is 20.2 Å². The molecule has 1 aromatic carbocycles. The number of benzene rings is 1. The third-order valence-corrected chi connectivity index (χ3v) is 3.77. The Hall–Kier alpha value is -2.12. The molecule has 6 nitrogen and oxygen atoms in total. The molecule has 0 radical (unpaired) electrons. The van der Waals surface area contributed by atoms with Crippen molar-refractivity contribution in [3.05, 3.63) is 46.6 Å². The second-order valence-electron chi connectivity index (χ2n) is 5.35. The van der Waals surface area contributed by atoms with Gasteiger partial charge in [-0.05, 0) is 31.2 Å². The largest absolute Gasteiger partial charge is 0.455 e. The number of carbonyl (C=O) groups is 2. The third kappa shape index (κ3) is 5.50. The van der Waals surface area contributed by atoms with Gasteiger partial charge in [0.2, 0.25) is 0 Å². The van der Waals surface area contributed by atoms with Gasteiger partial charge in [0.25, 0.3) is 5.91 Å². The summed E-state index contributed by atoms with van der Waals surface area (Å²) >= 11 is 3.40. The number of carbonyl (C=O) groups excluding carboxylic acids is 2. The van der Waals surface area contributed by atoms with E-state index in [4.69, 9.17) is 4.42 Å². The maximum atomic E-state index is 11.7. The molecule has 1 aromatic heterocycles. The predicted octanol–water partition coefficient (Wildman–Crippen LogP) is 2.00. The number of likely N-dealkylation sites (N-methyl/N-ethyl adjacent to an activating group) is 1. The van der Waals surface area contributed by atoms with Crippen LogP contribution in [0.15, 0.2) is 45.3 Å².